The second-order valence-electron chi connectivity index (χ2n) is 16.2. The Hall–Kier alpha value is -5.26. The second-order valence-corrected chi connectivity index (χ2v) is 18.3. The van der Waals surface area contributed by atoms with Crippen molar-refractivity contribution < 1.29 is 22.9 Å². The van der Waals surface area contributed by atoms with E-state index >= 15 is 0 Å². The number of anilines is 2. The van der Waals surface area contributed by atoms with Gasteiger partial charge >= 0.3 is 0 Å². The zero-order chi connectivity index (χ0) is 41.5. The average Bonchev–Trinajstić information content (AvgIpc) is 3.93. The Balaban J connectivity index is 0.922. The molecule has 3 aromatic carbocycles. The normalized spacial score (nSPS) is 21.2. The van der Waals surface area contributed by atoms with E-state index in [-0.39, 0.29) is 23.0 Å². The van der Waals surface area contributed by atoms with Crippen LogP contribution in [-0.4, -0.2) is 115 Å². The molecule has 2 bridgehead atoms. The van der Waals surface area contributed by atoms with Gasteiger partial charge in [-0.1, -0.05) is 30.2 Å². The number of nitrogens with one attached hydrogen (secondary N) is 3. The van der Waals surface area contributed by atoms with Gasteiger partial charge in [-0.15, -0.1) is 0 Å². The number of amides is 1. The topological polar surface area (TPSA) is 169 Å². The molecule has 3 aliphatic heterocycles. The molecule has 0 saturated carbocycles. The van der Waals surface area contributed by atoms with Crippen molar-refractivity contribution in [3.8, 4) is 11.5 Å². The Labute approximate surface area is 353 Å². The maximum atomic E-state index is 13.9. The van der Waals surface area contributed by atoms with Gasteiger partial charge in [-0.05, 0) is 86.3 Å². The lowest BCUT2D eigenvalue weighted by Gasteiger charge is -2.40. The number of nitro groups is 1. The van der Waals surface area contributed by atoms with Crippen molar-refractivity contribution in [2.24, 2.45) is 0 Å². The number of halogens is 1. The highest BCUT2D eigenvalue weighted by molar-refractivity contribution is 7.90. The maximum absolute atomic E-state index is 13.9. The molecule has 5 heterocycles. The van der Waals surface area contributed by atoms with Gasteiger partial charge in [0.25, 0.3) is 21.6 Å². The number of rotatable bonds is 12. The summed E-state index contributed by atoms with van der Waals surface area (Å²) in [4.78, 5) is 42.0. The second kappa shape index (κ2) is 16.7. The molecule has 2 aromatic heterocycles. The van der Waals surface area contributed by atoms with Gasteiger partial charge in [0.1, 0.15) is 22.8 Å². The summed E-state index contributed by atoms with van der Waals surface area (Å²) in [6.45, 7) is 6.22. The van der Waals surface area contributed by atoms with Gasteiger partial charge in [-0.3, -0.25) is 24.7 Å². The van der Waals surface area contributed by atoms with Crippen LogP contribution in [0.1, 0.15) is 53.2 Å². The van der Waals surface area contributed by atoms with Crippen LogP contribution in [0.3, 0.4) is 0 Å². The number of ether oxygens (including phenoxy) is 1. The van der Waals surface area contributed by atoms with E-state index in [0.29, 0.717) is 36.6 Å². The van der Waals surface area contributed by atoms with Crippen molar-refractivity contribution in [2.45, 2.75) is 55.1 Å². The lowest BCUT2D eigenvalue weighted by atomic mass is 9.97. The molecule has 1 amide bonds. The Morgan fingerprint density at radius 2 is 1.88 bits per heavy atom. The van der Waals surface area contributed by atoms with E-state index in [9.17, 15) is 23.3 Å². The van der Waals surface area contributed by atoms with E-state index in [0.717, 1.165) is 93.5 Å². The minimum absolute atomic E-state index is 0.0309. The zero-order valence-electron chi connectivity index (χ0n) is 33.3. The monoisotopic (exact) mass is 853 g/mol. The predicted octanol–water partition coefficient (Wildman–Crippen LogP) is 6.43. The standard InChI is InChI=1S/C43H48ClN9O6S/c1-49-26-31-22-30(49)27-52(31)16-15-45-38-12-10-33(24-40(38)53(55)56)60(57,58)48-43(54)36-11-9-29(23-41(36)59-32-21-28-13-14-46-42(28)47-25-32)50-17-19-51(20-18-50)39-8-3-2-5-34-35(39)6-4-7-37(34)44/h4,6-7,9-14,21,23-25,30-31,39,45H,2-3,5,8,15-20,22,26-27H2,1H3,(H,46,47)(H,48,54). The van der Waals surface area contributed by atoms with Gasteiger partial charge in [0.15, 0.2) is 0 Å². The van der Waals surface area contributed by atoms with E-state index in [1.54, 1.807) is 30.5 Å². The fourth-order valence-electron chi connectivity index (χ4n) is 9.47. The van der Waals surface area contributed by atoms with Crippen LogP contribution in [0.2, 0.25) is 5.02 Å². The molecule has 3 saturated heterocycles. The smallest absolute Gasteiger partial charge is 0.293 e. The molecule has 15 nitrogen and oxygen atoms in total. The molecular formula is C43H48ClN9O6S. The molecule has 60 heavy (non-hydrogen) atoms. The van der Waals surface area contributed by atoms with Gasteiger partial charge in [0.2, 0.25) is 0 Å². The summed E-state index contributed by atoms with van der Waals surface area (Å²) in [5, 5.41) is 16.9. The third kappa shape index (κ3) is 8.14. The summed E-state index contributed by atoms with van der Waals surface area (Å²) in [6.07, 6.45) is 8.73. The number of piperazine rings is 2. The highest BCUT2D eigenvalue weighted by Gasteiger charge is 2.41. The van der Waals surface area contributed by atoms with E-state index < -0.39 is 31.4 Å². The number of sulfonamides is 1. The van der Waals surface area contributed by atoms with Gasteiger partial charge in [0, 0.05) is 105 Å². The van der Waals surface area contributed by atoms with Crippen LogP contribution in [-0.2, 0) is 16.4 Å². The first-order valence-corrected chi connectivity index (χ1v) is 22.4. The quantitative estimate of drug-likeness (QED) is 0.0716. The third-order valence-electron chi connectivity index (χ3n) is 12.6. The fraction of sp³-hybridized carbons (Fsp3) is 0.395. The first-order valence-electron chi connectivity index (χ1n) is 20.6. The molecule has 0 spiro atoms. The van der Waals surface area contributed by atoms with Crippen molar-refractivity contribution in [1.82, 2.24) is 29.4 Å². The average molecular weight is 854 g/mol. The number of pyridine rings is 1. The number of hydrogen-bond donors (Lipinski definition) is 3. The molecule has 17 heteroatoms. The molecule has 4 aliphatic rings. The van der Waals surface area contributed by atoms with Crippen molar-refractivity contribution >= 4 is 55.6 Å². The van der Waals surface area contributed by atoms with Crippen LogP contribution in [0.15, 0.2) is 84.0 Å². The number of nitrogens with zero attached hydrogens (tertiary/aromatic N) is 6. The number of aromatic nitrogens is 2. The number of aromatic amines is 1. The highest BCUT2D eigenvalue weighted by atomic mass is 35.5. The Morgan fingerprint density at radius 1 is 1.03 bits per heavy atom. The summed E-state index contributed by atoms with van der Waals surface area (Å²) in [5.74, 6) is -0.455. The van der Waals surface area contributed by atoms with Gasteiger partial charge in [0.05, 0.1) is 21.6 Å². The van der Waals surface area contributed by atoms with Crippen LogP contribution in [0, 0.1) is 10.1 Å². The Kier molecular flexibility index (Phi) is 11.1. The predicted molar refractivity (Wildman–Crippen MR) is 231 cm³/mol. The van der Waals surface area contributed by atoms with Crippen molar-refractivity contribution in [1.29, 1.82) is 0 Å². The van der Waals surface area contributed by atoms with E-state index in [1.807, 2.05) is 18.2 Å². The number of fused-ring (bicyclic) bond motifs is 4. The largest absolute Gasteiger partial charge is 0.455 e. The number of H-pyrrole nitrogens is 1. The fourth-order valence-corrected chi connectivity index (χ4v) is 10.7. The Bertz CT molecular complexity index is 2540. The molecule has 3 atom stereocenters. The van der Waals surface area contributed by atoms with Gasteiger partial charge in [-0.25, -0.2) is 18.1 Å². The third-order valence-corrected chi connectivity index (χ3v) is 14.3. The van der Waals surface area contributed by atoms with E-state index in [1.165, 1.54) is 29.5 Å². The molecule has 1 aliphatic carbocycles. The van der Waals surface area contributed by atoms with Crippen LogP contribution in [0.5, 0.6) is 11.5 Å². The summed E-state index contributed by atoms with van der Waals surface area (Å²) >= 11 is 6.65. The molecule has 3 unspecified atom stereocenters. The number of nitro benzene ring substituents is 1. The van der Waals surface area contributed by atoms with Crippen LogP contribution in [0.4, 0.5) is 17.1 Å². The number of carbonyl (C=O) groups excluding carboxylic acids is 1. The molecule has 5 aromatic rings. The maximum Gasteiger partial charge on any atom is 0.293 e. The van der Waals surface area contributed by atoms with E-state index in [2.05, 4.69) is 52.7 Å². The lowest BCUT2D eigenvalue weighted by molar-refractivity contribution is -0.384. The molecule has 0 radical (unpaired) electrons. The SMILES string of the molecule is CN1CC2CC1CN2CCNc1ccc(S(=O)(=O)NC(=O)c2ccc(N3CCN(C4CCCCc5c(Cl)cccc54)CC3)cc2Oc2cnc3[nH]ccc3c2)cc1[N+](=O)[O-]. The first-order chi connectivity index (χ1) is 29.0. The van der Waals surface area contributed by atoms with Crippen LogP contribution < -0.4 is 19.7 Å². The number of benzene rings is 3. The van der Waals surface area contributed by atoms with Crippen LogP contribution in [0.25, 0.3) is 11.0 Å². The Morgan fingerprint density at radius 3 is 2.67 bits per heavy atom. The lowest BCUT2D eigenvalue weighted by Crippen LogP contribution is -2.47. The highest BCUT2D eigenvalue weighted by Crippen LogP contribution is 2.38. The molecule has 3 fully saturated rings. The molecular weight excluding hydrogens is 806 g/mol. The van der Waals surface area contributed by atoms with Gasteiger partial charge < -0.3 is 24.8 Å². The zero-order valence-corrected chi connectivity index (χ0v) is 34.9. The van der Waals surface area contributed by atoms with Crippen molar-refractivity contribution in [2.75, 3.05) is 69.6 Å². The minimum Gasteiger partial charge on any atom is -0.455 e. The van der Waals surface area contributed by atoms with Gasteiger partial charge in [-0.2, -0.15) is 0 Å². The number of carbonyl (C=O) groups is 1. The van der Waals surface area contributed by atoms with Crippen molar-refractivity contribution in [3.05, 3.63) is 111 Å². The van der Waals surface area contributed by atoms with E-state index in [4.69, 9.17) is 16.3 Å². The summed E-state index contributed by atoms with van der Waals surface area (Å²) in [5.41, 5.74) is 3.82. The number of likely N-dealkylation sites (N-methyl/N-ethyl adjacent to an activating group) is 1. The summed E-state index contributed by atoms with van der Waals surface area (Å²) in [7, 11) is -2.42. The van der Waals surface area contributed by atoms with Crippen LogP contribution >= 0.6 is 11.6 Å². The molecule has 314 valence electrons. The summed E-state index contributed by atoms with van der Waals surface area (Å²) in [6, 6.07) is 19.9. The first kappa shape index (κ1) is 40.2. The molecule has 9 rings (SSSR count). The van der Waals surface area contributed by atoms with Crippen molar-refractivity contribution in [3.63, 3.8) is 0 Å². The minimum atomic E-state index is -4.55. The molecule has 3 N–H and O–H groups in total. The summed E-state index contributed by atoms with van der Waals surface area (Å²) < 4.78 is 35.9. The number of hydrogen-bond acceptors (Lipinski definition) is 12. The number of likely N-dealkylation sites (tertiary alicyclic amines) is 2.